The molecule has 0 radical (unpaired) electrons. The highest BCUT2D eigenvalue weighted by molar-refractivity contribution is 5.93. The number of hydrogen-bond donors (Lipinski definition) is 1. The van der Waals surface area contributed by atoms with E-state index in [-0.39, 0.29) is 18.9 Å². The van der Waals surface area contributed by atoms with Crippen molar-refractivity contribution in [1.82, 2.24) is 4.90 Å². The standard InChI is InChI=1S/C22H24N2O4/c1-16-7-9-19(10-8-16)23-20(25)15-28-22(27)18-13-21(26)24(14-18)12-11-17-5-3-2-4-6-17/h2-10,18H,11-15H2,1H3,(H,23,25). The summed E-state index contributed by atoms with van der Waals surface area (Å²) >= 11 is 0. The maximum Gasteiger partial charge on any atom is 0.311 e. The lowest BCUT2D eigenvalue weighted by Gasteiger charge is -2.16. The molecule has 0 spiro atoms. The molecule has 28 heavy (non-hydrogen) atoms. The van der Waals surface area contributed by atoms with Crippen molar-refractivity contribution in [3.8, 4) is 0 Å². The minimum atomic E-state index is -0.518. The van der Waals surface area contributed by atoms with Gasteiger partial charge in [-0.15, -0.1) is 0 Å². The summed E-state index contributed by atoms with van der Waals surface area (Å²) < 4.78 is 5.11. The van der Waals surface area contributed by atoms with Crippen molar-refractivity contribution in [2.45, 2.75) is 19.8 Å². The third kappa shape index (κ3) is 5.42. The van der Waals surface area contributed by atoms with Crippen LogP contribution in [0, 0.1) is 12.8 Å². The van der Waals surface area contributed by atoms with Crippen LogP contribution in [-0.4, -0.2) is 42.4 Å². The van der Waals surface area contributed by atoms with Crippen LogP contribution >= 0.6 is 0 Å². The zero-order valence-corrected chi connectivity index (χ0v) is 15.9. The number of hydrogen-bond acceptors (Lipinski definition) is 4. The van der Waals surface area contributed by atoms with Crippen LogP contribution in [0.1, 0.15) is 17.5 Å². The van der Waals surface area contributed by atoms with Crippen LogP contribution in [0.25, 0.3) is 0 Å². The number of likely N-dealkylation sites (tertiary alicyclic amines) is 1. The molecule has 1 aliphatic heterocycles. The quantitative estimate of drug-likeness (QED) is 0.749. The Labute approximate surface area is 164 Å². The Morgan fingerprint density at radius 3 is 2.54 bits per heavy atom. The predicted molar refractivity (Wildman–Crippen MR) is 106 cm³/mol. The van der Waals surface area contributed by atoms with Gasteiger partial charge in [0.05, 0.1) is 5.92 Å². The summed E-state index contributed by atoms with van der Waals surface area (Å²) in [6.45, 7) is 2.51. The van der Waals surface area contributed by atoms with E-state index in [1.54, 1.807) is 17.0 Å². The van der Waals surface area contributed by atoms with Gasteiger partial charge >= 0.3 is 5.97 Å². The van der Waals surface area contributed by atoms with Gasteiger partial charge in [-0.25, -0.2) is 0 Å². The average Bonchev–Trinajstić information content (AvgIpc) is 3.08. The molecule has 2 aromatic rings. The summed E-state index contributed by atoms with van der Waals surface area (Å²) in [5.74, 6) is -1.48. The zero-order chi connectivity index (χ0) is 19.9. The third-order valence-electron chi connectivity index (χ3n) is 4.74. The van der Waals surface area contributed by atoms with E-state index in [4.69, 9.17) is 4.74 Å². The molecule has 0 saturated carbocycles. The fraction of sp³-hybridized carbons (Fsp3) is 0.318. The van der Waals surface area contributed by atoms with E-state index in [1.165, 1.54) is 0 Å². The third-order valence-corrected chi connectivity index (χ3v) is 4.74. The fourth-order valence-corrected chi connectivity index (χ4v) is 3.14. The van der Waals surface area contributed by atoms with Crippen molar-refractivity contribution in [2.75, 3.05) is 25.0 Å². The van der Waals surface area contributed by atoms with Crippen molar-refractivity contribution in [3.05, 3.63) is 65.7 Å². The number of nitrogens with zero attached hydrogens (tertiary/aromatic N) is 1. The number of ether oxygens (including phenoxy) is 1. The van der Waals surface area contributed by atoms with Gasteiger partial charge in [0, 0.05) is 25.2 Å². The molecule has 6 nitrogen and oxygen atoms in total. The largest absolute Gasteiger partial charge is 0.455 e. The van der Waals surface area contributed by atoms with E-state index in [9.17, 15) is 14.4 Å². The number of carbonyl (C=O) groups excluding carboxylic acids is 3. The second kappa shape index (κ2) is 9.17. The minimum Gasteiger partial charge on any atom is -0.455 e. The molecule has 1 fully saturated rings. The molecule has 2 aromatic carbocycles. The molecule has 3 rings (SSSR count). The Morgan fingerprint density at radius 1 is 1.11 bits per heavy atom. The van der Waals surface area contributed by atoms with E-state index in [0.717, 1.165) is 17.5 Å². The van der Waals surface area contributed by atoms with Gasteiger partial charge in [0.15, 0.2) is 6.61 Å². The Hall–Kier alpha value is -3.15. The van der Waals surface area contributed by atoms with Crippen LogP contribution in [0.2, 0.25) is 0 Å². The monoisotopic (exact) mass is 380 g/mol. The van der Waals surface area contributed by atoms with Crippen LogP contribution in [-0.2, 0) is 25.5 Å². The number of amides is 2. The lowest BCUT2D eigenvalue weighted by molar-refractivity contribution is -0.151. The number of aryl methyl sites for hydroxylation is 1. The Bertz CT molecular complexity index is 833. The van der Waals surface area contributed by atoms with Crippen LogP contribution in [0.4, 0.5) is 5.69 Å². The summed E-state index contributed by atoms with van der Waals surface area (Å²) in [5, 5.41) is 2.68. The highest BCUT2D eigenvalue weighted by Crippen LogP contribution is 2.20. The first-order valence-electron chi connectivity index (χ1n) is 9.36. The molecule has 1 aliphatic rings. The molecular weight excluding hydrogens is 356 g/mol. The van der Waals surface area contributed by atoms with E-state index >= 15 is 0 Å². The molecule has 0 aromatic heterocycles. The maximum absolute atomic E-state index is 12.2. The normalized spacial score (nSPS) is 16.1. The van der Waals surface area contributed by atoms with Crippen LogP contribution < -0.4 is 5.32 Å². The van der Waals surface area contributed by atoms with E-state index in [0.29, 0.717) is 18.8 Å². The van der Waals surface area contributed by atoms with Crippen molar-refractivity contribution in [1.29, 1.82) is 0 Å². The van der Waals surface area contributed by atoms with E-state index in [2.05, 4.69) is 5.32 Å². The van der Waals surface area contributed by atoms with Gasteiger partial charge in [-0.3, -0.25) is 14.4 Å². The predicted octanol–water partition coefficient (Wildman–Crippen LogP) is 2.57. The smallest absolute Gasteiger partial charge is 0.311 e. The highest BCUT2D eigenvalue weighted by atomic mass is 16.5. The van der Waals surface area contributed by atoms with Gasteiger partial charge in [0.2, 0.25) is 5.91 Å². The van der Waals surface area contributed by atoms with Crippen molar-refractivity contribution >= 4 is 23.5 Å². The molecule has 6 heteroatoms. The van der Waals surface area contributed by atoms with Crippen molar-refractivity contribution < 1.29 is 19.1 Å². The molecular formula is C22H24N2O4. The van der Waals surface area contributed by atoms with E-state index < -0.39 is 17.8 Å². The van der Waals surface area contributed by atoms with Gasteiger partial charge in [0.1, 0.15) is 0 Å². The number of esters is 1. The Kier molecular flexibility index (Phi) is 6.42. The van der Waals surface area contributed by atoms with Gasteiger partial charge in [0.25, 0.3) is 5.91 Å². The summed E-state index contributed by atoms with van der Waals surface area (Å²) in [7, 11) is 0. The molecule has 2 amide bonds. The van der Waals surface area contributed by atoms with Gasteiger partial charge in [-0.05, 0) is 31.0 Å². The van der Waals surface area contributed by atoms with Crippen LogP contribution in [0.15, 0.2) is 54.6 Å². The number of anilines is 1. The highest BCUT2D eigenvalue weighted by Gasteiger charge is 2.35. The average molecular weight is 380 g/mol. The molecule has 0 bridgehead atoms. The summed E-state index contributed by atoms with van der Waals surface area (Å²) in [6, 6.07) is 17.2. The summed E-state index contributed by atoms with van der Waals surface area (Å²) in [5.41, 5.74) is 2.89. The topological polar surface area (TPSA) is 75.7 Å². The lowest BCUT2D eigenvalue weighted by atomic mass is 10.1. The zero-order valence-electron chi connectivity index (χ0n) is 15.9. The number of carbonyl (C=O) groups is 3. The number of nitrogens with one attached hydrogen (secondary N) is 1. The van der Waals surface area contributed by atoms with Crippen molar-refractivity contribution in [3.63, 3.8) is 0 Å². The first-order valence-corrected chi connectivity index (χ1v) is 9.36. The first-order chi connectivity index (χ1) is 13.5. The van der Waals surface area contributed by atoms with Crippen molar-refractivity contribution in [2.24, 2.45) is 5.92 Å². The van der Waals surface area contributed by atoms with Gasteiger partial charge < -0.3 is 15.0 Å². The summed E-state index contributed by atoms with van der Waals surface area (Å²) in [6.07, 6.45) is 0.876. The minimum absolute atomic E-state index is 0.0537. The molecule has 1 unspecified atom stereocenters. The number of benzene rings is 2. The molecule has 1 saturated heterocycles. The second-order valence-corrected chi connectivity index (χ2v) is 7.00. The molecule has 1 heterocycles. The van der Waals surface area contributed by atoms with Crippen LogP contribution in [0.3, 0.4) is 0 Å². The van der Waals surface area contributed by atoms with E-state index in [1.807, 2.05) is 49.4 Å². The second-order valence-electron chi connectivity index (χ2n) is 7.00. The Morgan fingerprint density at radius 2 is 1.82 bits per heavy atom. The first kappa shape index (κ1) is 19.6. The van der Waals surface area contributed by atoms with Gasteiger partial charge in [-0.2, -0.15) is 0 Å². The van der Waals surface area contributed by atoms with Gasteiger partial charge in [-0.1, -0.05) is 48.0 Å². The lowest BCUT2D eigenvalue weighted by Crippen LogP contribution is -2.29. The number of rotatable bonds is 7. The molecule has 1 atom stereocenters. The fourth-order valence-electron chi connectivity index (χ4n) is 3.14. The van der Waals surface area contributed by atoms with Crippen LogP contribution in [0.5, 0.6) is 0 Å². The molecule has 1 N–H and O–H groups in total. The Balaban J connectivity index is 1.42. The SMILES string of the molecule is Cc1ccc(NC(=O)COC(=O)C2CC(=O)N(CCc3ccccc3)C2)cc1. The molecule has 146 valence electrons. The maximum atomic E-state index is 12.2. The molecule has 0 aliphatic carbocycles. The summed E-state index contributed by atoms with van der Waals surface area (Å²) in [4.78, 5) is 38.0.